The number of aliphatic hydroxyl groups excluding tert-OH is 1. The van der Waals surface area contributed by atoms with E-state index < -0.39 is 5.91 Å². The summed E-state index contributed by atoms with van der Waals surface area (Å²) >= 11 is 0. The Labute approximate surface area is 124 Å². The monoisotopic (exact) mass is 288 g/mol. The van der Waals surface area contributed by atoms with Gasteiger partial charge in [-0.15, -0.1) is 0 Å². The summed E-state index contributed by atoms with van der Waals surface area (Å²) in [6, 6.07) is 9.03. The van der Waals surface area contributed by atoms with E-state index in [2.05, 4.69) is 5.32 Å². The lowest BCUT2D eigenvalue weighted by Crippen LogP contribution is -2.30. The van der Waals surface area contributed by atoms with Gasteiger partial charge in [-0.05, 0) is 36.6 Å². The number of hydrogen-bond acceptors (Lipinski definition) is 4. The first-order valence-electron chi connectivity index (χ1n) is 6.84. The molecule has 1 aromatic rings. The molecule has 5 nitrogen and oxygen atoms in total. The molecule has 112 valence electrons. The molecule has 5 heteroatoms. The molecule has 0 aliphatic rings. The van der Waals surface area contributed by atoms with Crippen LogP contribution in [0.1, 0.15) is 19.4 Å². The number of carbonyl (C=O) groups is 1. The van der Waals surface area contributed by atoms with Gasteiger partial charge in [0.2, 0.25) is 0 Å². The molecule has 0 saturated heterocycles. The summed E-state index contributed by atoms with van der Waals surface area (Å²) < 4.78 is 5.33. The standard InChI is InChI=1S/C16H20N2O3/c1-3-21-15-6-4-13(5-7-15)8-14(9-17)16(20)18-10-12(2)11-19/h4-8,12,19H,3,10-11H2,1-2H3,(H,18,20)/b14-8-. The third-order valence-corrected chi connectivity index (χ3v) is 2.79. The summed E-state index contributed by atoms with van der Waals surface area (Å²) in [5, 5.41) is 20.6. The van der Waals surface area contributed by atoms with Crippen LogP contribution in [-0.2, 0) is 4.79 Å². The van der Waals surface area contributed by atoms with Gasteiger partial charge in [0, 0.05) is 13.2 Å². The molecule has 0 fully saturated rings. The molecule has 1 amide bonds. The van der Waals surface area contributed by atoms with Gasteiger partial charge in [0.05, 0.1) is 6.61 Å². The molecule has 0 saturated carbocycles. The van der Waals surface area contributed by atoms with Gasteiger partial charge in [-0.25, -0.2) is 0 Å². The first-order valence-corrected chi connectivity index (χ1v) is 6.84. The van der Waals surface area contributed by atoms with Crippen LogP contribution in [0.2, 0.25) is 0 Å². The highest BCUT2D eigenvalue weighted by molar-refractivity contribution is 6.01. The number of carbonyl (C=O) groups excluding carboxylic acids is 1. The van der Waals surface area contributed by atoms with Crippen LogP contribution < -0.4 is 10.1 Å². The predicted octanol–water partition coefficient (Wildman–Crippen LogP) is 1.74. The van der Waals surface area contributed by atoms with Crippen molar-refractivity contribution in [1.82, 2.24) is 5.32 Å². The zero-order valence-electron chi connectivity index (χ0n) is 12.3. The predicted molar refractivity (Wildman–Crippen MR) is 80.5 cm³/mol. The molecule has 0 aliphatic heterocycles. The molecule has 0 bridgehead atoms. The van der Waals surface area contributed by atoms with Gasteiger partial charge in [-0.3, -0.25) is 4.79 Å². The van der Waals surface area contributed by atoms with Crippen molar-refractivity contribution >= 4 is 12.0 Å². The van der Waals surface area contributed by atoms with E-state index in [1.807, 2.05) is 19.9 Å². The minimum Gasteiger partial charge on any atom is -0.494 e. The van der Waals surface area contributed by atoms with Crippen LogP contribution in [0.3, 0.4) is 0 Å². The van der Waals surface area contributed by atoms with Gasteiger partial charge in [0.25, 0.3) is 5.91 Å². The molecule has 0 spiro atoms. The van der Waals surface area contributed by atoms with E-state index in [1.54, 1.807) is 24.3 Å². The summed E-state index contributed by atoms with van der Waals surface area (Å²) in [4.78, 5) is 11.9. The Morgan fingerprint density at radius 2 is 2.14 bits per heavy atom. The number of aliphatic hydroxyl groups is 1. The van der Waals surface area contributed by atoms with Crippen LogP contribution >= 0.6 is 0 Å². The number of nitriles is 1. The summed E-state index contributed by atoms with van der Waals surface area (Å²) in [5.41, 5.74) is 0.782. The maximum absolute atomic E-state index is 11.9. The Balaban J connectivity index is 2.74. The van der Waals surface area contributed by atoms with Gasteiger partial charge < -0.3 is 15.2 Å². The zero-order chi connectivity index (χ0) is 15.7. The Morgan fingerprint density at radius 1 is 1.48 bits per heavy atom. The first kappa shape index (κ1) is 16.7. The fourth-order valence-electron chi connectivity index (χ4n) is 1.57. The number of benzene rings is 1. The summed E-state index contributed by atoms with van der Waals surface area (Å²) in [5.74, 6) is 0.264. The largest absolute Gasteiger partial charge is 0.494 e. The maximum atomic E-state index is 11.9. The van der Waals surface area contributed by atoms with Crippen molar-refractivity contribution in [2.24, 2.45) is 5.92 Å². The van der Waals surface area contributed by atoms with Crippen LogP contribution in [0, 0.1) is 17.2 Å². The van der Waals surface area contributed by atoms with Crippen molar-refractivity contribution in [2.75, 3.05) is 19.8 Å². The smallest absolute Gasteiger partial charge is 0.261 e. The zero-order valence-corrected chi connectivity index (χ0v) is 12.3. The SMILES string of the molecule is CCOc1ccc(/C=C(/C#N)C(=O)NCC(C)CO)cc1. The average molecular weight is 288 g/mol. The molecule has 1 unspecified atom stereocenters. The molecular weight excluding hydrogens is 268 g/mol. The van der Waals surface area contributed by atoms with E-state index in [0.717, 1.165) is 11.3 Å². The van der Waals surface area contributed by atoms with Crippen LogP contribution in [0.15, 0.2) is 29.8 Å². The van der Waals surface area contributed by atoms with E-state index in [9.17, 15) is 4.79 Å². The Bertz CT molecular complexity index is 529. The number of hydrogen-bond donors (Lipinski definition) is 2. The van der Waals surface area contributed by atoms with E-state index in [4.69, 9.17) is 15.1 Å². The van der Waals surface area contributed by atoms with Gasteiger partial charge in [-0.1, -0.05) is 19.1 Å². The summed E-state index contributed by atoms with van der Waals surface area (Å²) in [7, 11) is 0. The fourth-order valence-corrected chi connectivity index (χ4v) is 1.57. The lowest BCUT2D eigenvalue weighted by atomic mass is 10.1. The van der Waals surface area contributed by atoms with Gasteiger partial charge >= 0.3 is 0 Å². The molecule has 1 rings (SSSR count). The molecule has 0 aliphatic carbocycles. The first-order chi connectivity index (χ1) is 10.1. The third kappa shape index (κ3) is 5.67. The Morgan fingerprint density at radius 3 is 2.67 bits per heavy atom. The lowest BCUT2D eigenvalue weighted by Gasteiger charge is -2.09. The van der Waals surface area contributed by atoms with Crippen LogP contribution in [0.4, 0.5) is 0 Å². The highest BCUT2D eigenvalue weighted by atomic mass is 16.5. The van der Waals surface area contributed by atoms with Gasteiger partial charge in [0.1, 0.15) is 17.4 Å². The topological polar surface area (TPSA) is 82.3 Å². The molecule has 0 aromatic heterocycles. The van der Waals surface area contributed by atoms with Crippen LogP contribution in [0.25, 0.3) is 6.08 Å². The summed E-state index contributed by atoms with van der Waals surface area (Å²) in [6.45, 7) is 4.62. The second-order valence-corrected chi connectivity index (χ2v) is 4.67. The van der Waals surface area contributed by atoms with Crippen LogP contribution in [0.5, 0.6) is 5.75 Å². The average Bonchev–Trinajstić information content (AvgIpc) is 2.51. The number of ether oxygens (including phenoxy) is 1. The van der Waals surface area contributed by atoms with Crippen molar-refractivity contribution in [3.63, 3.8) is 0 Å². The summed E-state index contributed by atoms with van der Waals surface area (Å²) in [6.07, 6.45) is 1.52. The quantitative estimate of drug-likeness (QED) is 0.591. The molecule has 0 heterocycles. The number of nitrogens with one attached hydrogen (secondary N) is 1. The molecule has 1 atom stereocenters. The third-order valence-electron chi connectivity index (χ3n) is 2.79. The number of amides is 1. The highest BCUT2D eigenvalue weighted by Gasteiger charge is 2.10. The van der Waals surface area contributed by atoms with Gasteiger partial charge in [0.15, 0.2) is 0 Å². The van der Waals surface area contributed by atoms with E-state index in [1.165, 1.54) is 6.08 Å². The van der Waals surface area contributed by atoms with Crippen molar-refractivity contribution in [1.29, 1.82) is 5.26 Å². The minimum atomic E-state index is -0.438. The molecular formula is C16H20N2O3. The van der Waals surface area contributed by atoms with E-state index in [0.29, 0.717) is 13.2 Å². The van der Waals surface area contributed by atoms with Crippen molar-refractivity contribution in [3.05, 3.63) is 35.4 Å². The number of rotatable bonds is 7. The Kier molecular flexibility index (Phi) is 6.99. The highest BCUT2D eigenvalue weighted by Crippen LogP contribution is 2.14. The van der Waals surface area contributed by atoms with Crippen molar-refractivity contribution in [3.8, 4) is 11.8 Å². The normalized spacial score (nSPS) is 12.4. The van der Waals surface area contributed by atoms with Gasteiger partial charge in [-0.2, -0.15) is 5.26 Å². The lowest BCUT2D eigenvalue weighted by molar-refractivity contribution is -0.117. The second kappa shape index (κ2) is 8.77. The fraction of sp³-hybridized carbons (Fsp3) is 0.375. The van der Waals surface area contributed by atoms with Crippen molar-refractivity contribution in [2.45, 2.75) is 13.8 Å². The van der Waals surface area contributed by atoms with Crippen LogP contribution in [-0.4, -0.2) is 30.8 Å². The van der Waals surface area contributed by atoms with E-state index in [-0.39, 0.29) is 18.1 Å². The van der Waals surface area contributed by atoms with E-state index >= 15 is 0 Å². The maximum Gasteiger partial charge on any atom is 0.261 e. The molecule has 1 aromatic carbocycles. The molecule has 2 N–H and O–H groups in total. The Hall–Kier alpha value is -2.32. The minimum absolute atomic E-state index is 0.00915. The molecule has 0 radical (unpaired) electrons. The van der Waals surface area contributed by atoms with Crippen molar-refractivity contribution < 1.29 is 14.6 Å². The number of nitrogens with zero attached hydrogens (tertiary/aromatic N) is 1. The second-order valence-electron chi connectivity index (χ2n) is 4.67. The molecule has 21 heavy (non-hydrogen) atoms.